The second-order valence-electron chi connectivity index (χ2n) is 4.61. The van der Waals surface area contributed by atoms with Crippen molar-refractivity contribution in [2.75, 3.05) is 0 Å². The lowest BCUT2D eigenvalue weighted by Crippen LogP contribution is -2.30. The van der Waals surface area contributed by atoms with Gasteiger partial charge in [-0.3, -0.25) is 11.3 Å². The highest BCUT2D eigenvalue weighted by atomic mass is 79.9. The molecule has 0 heterocycles. The molecule has 0 bridgehead atoms. The summed E-state index contributed by atoms with van der Waals surface area (Å²) in [4.78, 5) is 0. The van der Waals surface area contributed by atoms with Crippen LogP contribution < -0.4 is 11.3 Å². The highest BCUT2D eigenvalue weighted by Gasteiger charge is 2.16. The first-order valence-corrected chi connectivity index (χ1v) is 7.35. The van der Waals surface area contributed by atoms with Gasteiger partial charge in [0, 0.05) is 9.50 Å². The zero-order chi connectivity index (χ0) is 14.7. The maximum Gasteiger partial charge on any atom is 0.124 e. The quantitative estimate of drug-likeness (QED) is 0.632. The molecule has 0 saturated carbocycles. The first-order valence-electron chi connectivity index (χ1n) is 6.18. The maximum absolute atomic E-state index is 13.1. The van der Waals surface area contributed by atoms with E-state index in [1.54, 1.807) is 6.07 Å². The maximum atomic E-state index is 13.1. The summed E-state index contributed by atoms with van der Waals surface area (Å²) >= 11 is 9.52. The normalized spacial score (nSPS) is 12.4. The second kappa shape index (κ2) is 6.68. The molecule has 2 rings (SSSR count). The zero-order valence-corrected chi connectivity index (χ0v) is 13.3. The van der Waals surface area contributed by atoms with Gasteiger partial charge in [0.25, 0.3) is 0 Å². The first kappa shape index (κ1) is 15.4. The van der Waals surface area contributed by atoms with Crippen LogP contribution in [0.25, 0.3) is 0 Å². The van der Waals surface area contributed by atoms with Gasteiger partial charge in [0.1, 0.15) is 5.82 Å². The third-order valence-corrected chi connectivity index (χ3v) is 4.47. The standard InChI is InChI=1S/C15H15BrClFN2/c1-9-12(3-2-4-14(9)17)15(20-19)7-10-5-6-11(18)8-13(10)16/h2-6,8,15,20H,7,19H2,1H3. The number of nitrogens with two attached hydrogens (primary N) is 1. The monoisotopic (exact) mass is 356 g/mol. The van der Waals surface area contributed by atoms with Crippen molar-refractivity contribution >= 4 is 27.5 Å². The fourth-order valence-corrected chi connectivity index (χ4v) is 2.86. The van der Waals surface area contributed by atoms with Gasteiger partial charge in [-0.25, -0.2) is 4.39 Å². The smallest absolute Gasteiger partial charge is 0.124 e. The number of halogens is 3. The summed E-state index contributed by atoms with van der Waals surface area (Å²) < 4.78 is 13.9. The van der Waals surface area contributed by atoms with E-state index in [-0.39, 0.29) is 11.9 Å². The first-order chi connectivity index (χ1) is 9.52. The molecular weight excluding hydrogens is 343 g/mol. The lowest BCUT2D eigenvalue weighted by Gasteiger charge is -2.20. The molecule has 0 fully saturated rings. The number of benzene rings is 2. The number of hydrogen-bond donors (Lipinski definition) is 2. The van der Waals surface area contributed by atoms with E-state index < -0.39 is 0 Å². The third-order valence-electron chi connectivity index (χ3n) is 3.33. The predicted molar refractivity (Wildman–Crippen MR) is 84.1 cm³/mol. The molecule has 1 unspecified atom stereocenters. The van der Waals surface area contributed by atoms with Crippen LogP contribution in [0.5, 0.6) is 0 Å². The van der Waals surface area contributed by atoms with E-state index in [1.165, 1.54) is 12.1 Å². The van der Waals surface area contributed by atoms with Crippen LogP contribution in [0.2, 0.25) is 5.02 Å². The number of rotatable bonds is 4. The Balaban J connectivity index is 2.31. The summed E-state index contributed by atoms with van der Waals surface area (Å²) in [5, 5.41) is 0.709. The topological polar surface area (TPSA) is 38.0 Å². The lowest BCUT2D eigenvalue weighted by atomic mass is 9.96. The Bertz CT molecular complexity index is 619. The summed E-state index contributed by atoms with van der Waals surface area (Å²) in [6.45, 7) is 1.96. The highest BCUT2D eigenvalue weighted by Crippen LogP contribution is 2.28. The van der Waals surface area contributed by atoms with Crippen LogP contribution in [0.1, 0.15) is 22.7 Å². The van der Waals surface area contributed by atoms with Crippen LogP contribution in [0.3, 0.4) is 0 Å². The van der Waals surface area contributed by atoms with E-state index in [0.717, 1.165) is 21.2 Å². The molecule has 0 aromatic heterocycles. The van der Waals surface area contributed by atoms with Crippen LogP contribution in [0, 0.1) is 12.7 Å². The summed E-state index contributed by atoms with van der Waals surface area (Å²) in [5.74, 6) is 5.40. The Morgan fingerprint density at radius 3 is 2.75 bits per heavy atom. The minimum atomic E-state index is -0.267. The average molecular weight is 358 g/mol. The highest BCUT2D eigenvalue weighted by molar-refractivity contribution is 9.10. The molecule has 0 amide bonds. The van der Waals surface area contributed by atoms with Gasteiger partial charge in [0.2, 0.25) is 0 Å². The molecule has 106 valence electrons. The molecule has 3 N–H and O–H groups in total. The van der Waals surface area contributed by atoms with Crippen LogP contribution >= 0.6 is 27.5 Å². The largest absolute Gasteiger partial charge is 0.271 e. The Kier molecular flexibility index (Phi) is 5.16. The van der Waals surface area contributed by atoms with Gasteiger partial charge in [-0.1, -0.05) is 45.7 Å². The Labute approximate surface area is 131 Å². The van der Waals surface area contributed by atoms with E-state index in [9.17, 15) is 4.39 Å². The minimum Gasteiger partial charge on any atom is -0.271 e. The van der Waals surface area contributed by atoms with Gasteiger partial charge in [-0.2, -0.15) is 0 Å². The van der Waals surface area contributed by atoms with Crippen molar-refractivity contribution in [3.8, 4) is 0 Å². The molecule has 0 aliphatic rings. The lowest BCUT2D eigenvalue weighted by molar-refractivity contribution is 0.547. The molecular formula is C15H15BrClFN2. The van der Waals surface area contributed by atoms with Crippen LogP contribution in [-0.2, 0) is 6.42 Å². The van der Waals surface area contributed by atoms with Crippen molar-refractivity contribution in [2.45, 2.75) is 19.4 Å². The number of nitrogens with one attached hydrogen (secondary N) is 1. The van der Waals surface area contributed by atoms with Gasteiger partial charge >= 0.3 is 0 Å². The Hall–Kier alpha value is -0.940. The van der Waals surface area contributed by atoms with Crippen molar-refractivity contribution in [2.24, 2.45) is 5.84 Å². The van der Waals surface area contributed by atoms with Gasteiger partial charge in [-0.05, 0) is 48.2 Å². The van der Waals surface area contributed by atoms with Crippen molar-refractivity contribution in [1.82, 2.24) is 5.43 Å². The summed E-state index contributed by atoms with van der Waals surface area (Å²) in [7, 11) is 0. The molecule has 2 aromatic rings. The molecule has 20 heavy (non-hydrogen) atoms. The van der Waals surface area contributed by atoms with Crippen molar-refractivity contribution < 1.29 is 4.39 Å². The Morgan fingerprint density at radius 1 is 1.35 bits per heavy atom. The van der Waals surface area contributed by atoms with Crippen molar-refractivity contribution in [1.29, 1.82) is 0 Å². The van der Waals surface area contributed by atoms with Crippen molar-refractivity contribution in [3.63, 3.8) is 0 Å². The summed E-state index contributed by atoms with van der Waals surface area (Å²) in [6, 6.07) is 10.3. The minimum absolute atomic E-state index is 0.0875. The van der Waals surface area contributed by atoms with Crippen LogP contribution in [0.15, 0.2) is 40.9 Å². The molecule has 0 saturated heterocycles. The molecule has 0 radical (unpaired) electrons. The second-order valence-corrected chi connectivity index (χ2v) is 5.87. The van der Waals surface area contributed by atoms with Crippen LogP contribution in [0.4, 0.5) is 4.39 Å². The van der Waals surface area contributed by atoms with Gasteiger partial charge in [0.15, 0.2) is 0 Å². The fourth-order valence-electron chi connectivity index (χ4n) is 2.17. The molecule has 5 heteroatoms. The van der Waals surface area contributed by atoms with E-state index in [2.05, 4.69) is 21.4 Å². The van der Waals surface area contributed by atoms with E-state index in [1.807, 2.05) is 25.1 Å². The van der Waals surface area contributed by atoms with E-state index >= 15 is 0 Å². The number of hydrogen-bond acceptors (Lipinski definition) is 2. The van der Waals surface area contributed by atoms with Gasteiger partial charge in [-0.15, -0.1) is 0 Å². The fraction of sp³-hybridized carbons (Fsp3) is 0.200. The van der Waals surface area contributed by atoms with Gasteiger partial charge < -0.3 is 0 Å². The Morgan fingerprint density at radius 2 is 2.10 bits per heavy atom. The number of hydrazine groups is 1. The molecule has 0 aliphatic carbocycles. The van der Waals surface area contributed by atoms with Gasteiger partial charge in [0.05, 0.1) is 6.04 Å². The summed E-state index contributed by atoms with van der Waals surface area (Å²) in [6.07, 6.45) is 0.637. The van der Waals surface area contributed by atoms with Crippen molar-refractivity contribution in [3.05, 3.63) is 68.4 Å². The zero-order valence-electron chi connectivity index (χ0n) is 11.0. The SMILES string of the molecule is Cc1c(Cl)cccc1C(Cc1ccc(F)cc1Br)NN. The third kappa shape index (κ3) is 3.38. The summed E-state index contributed by atoms with van der Waals surface area (Å²) in [5.41, 5.74) is 5.82. The van der Waals surface area contributed by atoms with Crippen LogP contribution in [-0.4, -0.2) is 0 Å². The molecule has 2 aromatic carbocycles. The molecule has 0 spiro atoms. The van der Waals surface area contributed by atoms with E-state index in [0.29, 0.717) is 11.4 Å². The molecule has 0 aliphatic heterocycles. The predicted octanol–water partition coefficient (Wildman–Crippen LogP) is 4.30. The molecule has 2 nitrogen and oxygen atoms in total. The molecule has 1 atom stereocenters. The van der Waals surface area contributed by atoms with E-state index in [4.69, 9.17) is 17.4 Å². The average Bonchev–Trinajstić information content (AvgIpc) is 2.42.